The first-order chi connectivity index (χ1) is 23.4. The second-order valence-electron chi connectivity index (χ2n) is 16.5. The molecular formula is C37H68ClNO13. The summed E-state index contributed by atoms with van der Waals surface area (Å²) in [6.45, 7) is 16.3. The van der Waals surface area contributed by atoms with E-state index >= 15 is 0 Å². The van der Waals surface area contributed by atoms with Gasteiger partial charge in [-0.3, -0.25) is 9.59 Å². The Hall–Kier alpha value is -1.01. The van der Waals surface area contributed by atoms with Crippen molar-refractivity contribution in [1.29, 1.82) is 0 Å². The summed E-state index contributed by atoms with van der Waals surface area (Å²) in [5, 5.41) is 57.6. The second kappa shape index (κ2) is 18.3. The third-order valence-corrected chi connectivity index (χ3v) is 11.8. The molecule has 306 valence electrons. The summed E-state index contributed by atoms with van der Waals surface area (Å²) in [5.41, 5.74) is -4.84. The SMILES string of the molecule is CC[C@H]1OC(=O)[C@H](C)[C@@H](O[C@H]2C[C@@](C)(OC)[C@@H](O)[C@H](C)O2)[C@H](C)[C@@H](O[C@H]2O[C@@H](C)C[C@@H](N(C)C)[C@@H]2O)[C@](C)(O)C[C@@H](C)C(=O)[C@H](C)[C@@H](O)[C@]1(C)O.Cl. The maximum absolute atomic E-state index is 14.1. The quantitative estimate of drug-likeness (QED) is 0.237. The van der Waals surface area contributed by atoms with E-state index in [1.807, 2.05) is 25.9 Å². The van der Waals surface area contributed by atoms with E-state index in [1.165, 1.54) is 27.9 Å². The van der Waals surface area contributed by atoms with E-state index in [2.05, 4.69) is 0 Å². The third kappa shape index (κ3) is 10.0. The lowest BCUT2D eigenvalue weighted by Crippen LogP contribution is -2.61. The van der Waals surface area contributed by atoms with Crippen LogP contribution in [0.25, 0.3) is 0 Å². The monoisotopic (exact) mass is 769 g/mol. The summed E-state index contributed by atoms with van der Waals surface area (Å²) < 4.78 is 37.1. The van der Waals surface area contributed by atoms with Crippen LogP contribution in [0.4, 0.5) is 0 Å². The van der Waals surface area contributed by atoms with Crippen LogP contribution in [0.5, 0.6) is 0 Å². The number of methoxy groups -OCH3 is 1. The van der Waals surface area contributed by atoms with Gasteiger partial charge in [-0.25, -0.2) is 0 Å². The Labute approximate surface area is 316 Å². The Morgan fingerprint density at radius 3 is 2.02 bits per heavy atom. The Balaban J connectivity index is 0.00000936. The number of halogens is 1. The highest BCUT2D eigenvalue weighted by Crippen LogP contribution is 2.40. The van der Waals surface area contributed by atoms with Crippen LogP contribution in [-0.4, -0.2) is 148 Å². The summed E-state index contributed by atoms with van der Waals surface area (Å²) in [4.78, 5) is 29.8. The van der Waals surface area contributed by atoms with Gasteiger partial charge in [0.05, 0.1) is 47.6 Å². The highest BCUT2D eigenvalue weighted by molar-refractivity contribution is 5.85. The number of hydrogen-bond donors (Lipinski definition) is 5. The van der Waals surface area contributed by atoms with E-state index < -0.39 is 108 Å². The van der Waals surface area contributed by atoms with Gasteiger partial charge in [0.1, 0.15) is 29.7 Å². The lowest BCUT2D eigenvalue weighted by atomic mass is 9.74. The predicted octanol–water partition coefficient (Wildman–Crippen LogP) is 2.21. The minimum Gasteiger partial charge on any atom is -0.459 e. The molecule has 3 aliphatic heterocycles. The van der Waals surface area contributed by atoms with Gasteiger partial charge < -0.3 is 58.9 Å². The Morgan fingerprint density at radius 1 is 0.885 bits per heavy atom. The summed E-state index contributed by atoms with van der Waals surface area (Å²) in [6, 6.07) is -0.324. The second-order valence-corrected chi connectivity index (χ2v) is 16.5. The van der Waals surface area contributed by atoms with Gasteiger partial charge in [-0.05, 0) is 74.9 Å². The molecule has 3 saturated heterocycles. The molecule has 52 heavy (non-hydrogen) atoms. The summed E-state index contributed by atoms with van der Waals surface area (Å²) in [6.07, 6.45) is -9.71. The van der Waals surface area contributed by atoms with Crippen LogP contribution in [0, 0.1) is 23.7 Å². The number of ketones is 1. The van der Waals surface area contributed by atoms with Crippen molar-refractivity contribution in [2.45, 2.75) is 179 Å². The lowest BCUT2D eigenvalue weighted by Gasteiger charge is -2.49. The molecule has 0 bridgehead atoms. The van der Waals surface area contributed by atoms with Crippen molar-refractivity contribution in [2.24, 2.45) is 23.7 Å². The van der Waals surface area contributed by atoms with Gasteiger partial charge in [-0.2, -0.15) is 0 Å². The number of carbonyl (C=O) groups excluding carboxylic acids is 2. The van der Waals surface area contributed by atoms with Gasteiger partial charge in [-0.1, -0.05) is 27.7 Å². The number of aliphatic hydroxyl groups is 5. The molecule has 3 aliphatic rings. The zero-order valence-electron chi connectivity index (χ0n) is 33.3. The molecule has 5 N–H and O–H groups in total. The van der Waals surface area contributed by atoms with E-state index in [0.717, 1.165) is 0 Å². The average molecular weight is 770 g/mol. The molecule has 0 amide bonds. The van der Waals surface area contributed by atoms with Crippen molar-refractivity contribution in [3.63, 3.8) is 0 Å². The maximum atomic E-state index is 14.1. The molecule has 0 aromatic carbocycles. The minimum atomic E-state index is -1.99. The van der Waals surface area contributed by atoms with Crippen LogP contribution in [0.15, 0.2) is 0 Å². The molecule has 3 rings (SSSR count). The molecule has 0 saturated carbocycles. The molecule has 0 radical (unpaired) electrons. The van der Waals surface area contributed by atoms with Crippen molar-refractivity contribution < 1.29 is 63.5 Å². The van der Waals surface area contributed by atoms with Crippen LogP contribution < -0.4 is 0 Å². The zero-order valence-corrected chi connectivity index (χ0v) is 34.2. The molecule has 0 aliphatic carbocycles. The van der Waals surface area contributed by atoms with E-state index in [4.69, 9.17) is 28.4 Å². The number of cyclic esters (lactones) is 1. The Kier molecular flexibility index (Phi) is 16.6. The van der Waals surface area contributed by atoms with Crippen LogP contribution >= 0.6 is 12.4 Å². The summed E-state index contributed by atoms with van der Waals surface area (Å²) >= 11 is 0. The van der Waals surface area contributed by atoms with Gasteiger partial charge in [-0.15, -0.1) is 12.4 Å². The number of esters is 1. The average Bonchev–Trinajstić information content (AvgIpc) is 3.05. The molecule has 3 heterocycles. The Morgan fingerprint density at radius 2 is 1.48 bits per heavy atom. The predicted molar refractivity (Wildman–Crippen MR) is 194 cm³/mol. The third-order valence-electron chi connectivity index (χ3n) is 11.8. The van der Waals surface area contributed by atoms with E-state index in [-0.39, 0.29) is 43.8 Å². The lowest BCUT2D eigenvalue weighted by molar-refractivity contribution is -0.318. The number of ether oxygens (including phenoxy) is 6. The largest absolute Gasteiger partial charge is 0.459 e. The molecule has 3 fully saturated rings. The van der Waals surface area contributed by atoms with E-state index in [1.54, 1.807) is 41.5 Å². The molecule has 14 nitrogen and oxygen atoms in total. The minimum absolute atomic E-state index is 0. The first kappa shape index (κ1) is 47.1. The van der Waals surface area contributed by atoms with Gasteiger partial charge in [0, 0.05) is 37.3 Å². The fourth-order valence-electron chi connectivity index (χ4n) is 8.41. The molecule has 15 heteroatoms. The van der Waals surface area contributed by atoms with Crippen molar-refractivity contribution in [3.8, 4) is 0 Å². The zero-order chi connectivity index (χ0) is 39.0. The molecule has 0 spiro atoms. The molecule has 0 unspecified atom stereocenters. The highest BCUT2D eigenvalue weighted by atomic mass is 35.5. The number of hydrogen-bond acceptors (Lipinski definition) is 14. The topological polar surface area (TPSA) is 194 Å². The van der Waals surface area contributed by atoms with Crippen LogP contribution in [-0.2, 0) is 38.0 Å². The molecule has 0 aromatic rings. The first-order valence-corrected chi connectivity index (χ1v) is 18.5. The van der Waals surface area contributed by atoms with Crippen LogP contribution in [0.2, 0.25) is 0 Å². The van der Waals surface area contributed by atoms with Crippen LogP contribution in [0.1, 0.15) is 94.9 Å². The van der Waals surface area contributed by atoms with Crippen LogP contribution in [0.3, 0.4) is 0 Å². The van der Waals surface area contributed by atoms with Gasteiger partial charge >= 0.3 is 5.97 Å². The molecular weight excluding hydrogens is 702 g/mol. The smallest absolute Gasteiger partial charge is 0.311 e. The number of carbonyl (C=O) groups is 2. The normalized spacial score (nSPS) is 48.8. The summed E-state index contributed by atoms with van der Waals surface area (Å²) in [5.74, 6) is -4.98. The van der Waals surface area contributed by atoms with Crippen molar-refractivity contribution >= 4 is 24.2 Å². The fourth-order valence-corrected chi connectivity index (χ4v) is 8.41. The van der Waals surface area contributed by atoms with Gasteiger partial charge in [0.25, 0.3) is 0 Å². The molecule has 0 aromatic heterocycles. The maximum Gasteiger partial charge on any atom is 0.311 e. The standard InChI is InChI=1S/C37H67NO13.ClH/c1-14-25-37(10,45)30(41)20(4)27(39)18(2)16-35(8,44)32(51-34-28(40)24(38(11)12)15-19(3)47-34)21(5)29(22(6)33(43)49-25)50-26-17-36(9,46-13)31(42)23(7)48-26;/h18-26,28-32,34,40-42,44-45H,14-17H2,1-13H3;1H/t18-,19+,20+,21+,22-,23+,24-,25-,26+,28+,29+,30-,31+,32-,34-,35-,36-,37-;/m1./s1. The number of likely N-dealkylation sites (N-methyl/N-ethyl adjacent to an activating group) is 1. The first-order valence-electron chi connectivity index (χ1n) is 18.5. The number of aliphatic hydroxyl groups excluding tert-OH is 3. The van der Waals surface area contributed by atoms with E-state index in [9.17, 15) is 35.1 Å². The highest BCUT2D eigenvalue weighted by Gasteiger charge is 2.53. The fraction of sp³-hybridized carbons (Fsp3) is 0.946. The number of nitrogens with zero attached hydrogens (tertiary/aromatic N) is 1. The number of rotatable bonds is 7. The van der Waals surface area contributed by atoms with Crippen molar-refractivity contribution in [3.05, 3.63) is 0 Å². The van der Waals surface area contributed by atoms with Crippen molar-refractivity contribution in [1.82, 2.24) is 4.90 Å². The summed E-state index contributed by atoms with van der Waals surface area (Å²) in [7, 11) is 5.18. The van der Waals surface area contributed by atoms with Crippen molar-refractivity contribution in [2.75, 3.05) is 21.2 Å². The van der Waals surface area contributed by atoms with Gasteiger partial charge in [0.2, 0.25) is 0 Å². The molecule has 18 atom stereocenters. The van der Waals surface area contributed by atoms with Gasteiger partial charge in [0.15, 0.2) is 12.6 Å². The number of Topliss-reactive ketones (excluding diaryl/α,β-unsaturated/α-hetero) is 1. The Bertz CT molecular complexity index is 1170. The van der Waals surface area contributed by atoms with E-state index in [0.29, 0.717) is 6.42 Å².